The second-order valence-electron chi connectivity index (χ2n) is 2.94. The lowest BCUT2D eigenvalue weighted by atomic mass is 10.0. The Bertz CT molecular complexity index is 370. The number of Topliss-reactive ketones (excluding diaryl/α,β-unsaturated/α-hetero) is 1. The van der Waals surface area contributed by atoms with Crippen molar-refractivity contribution in [2.45, 2.75) is 27.4 Å². The quantitative estimate of drug-likeness (QED) is 0.748. The van der Waals surface area contributed by atoms with Crippen molar-refractivity contribution >= 4 is 11.4 Å². The minimum absolute atomic E-state index is 0.0603. The van der Waals surface area contributed by atoms with Crippen LogP contribution in [-0.2, 0) is 4.79 Å². The minimum Gasteiger partial charge on any atom is -0.435 e. The number of allylic oxidation sites excluding steroid dienone is 1. The van der Waals surface area contributed by atoms with Gasteiger partial charge in [-0.2, -0.15) is 8.78 Å². The Labute approximate surface area is 99.9 Å². The van der Waals surface area contributed by atoms with E-state index < -0.39 is 6.61 Å². The Morgan fingerprint density at radius 2 is 1.71 bits per heavy atom. The first-order valence-electron chi connectivity index (χ1n) is 5.26. The predicted octanol–water partition coefficient (Wildman–Crippen LogP) is 3.92. The topological polar surface area (TPSA) is 26.3 Å². The highest BCUT2D eigenvalue weighted by Crippen LogP contribution is 2.19. The fourth-order valence-corrected chi connectivity index (χ4v) is 1.04. The first kappa shape index (κ1) is 15.3. The van der Waals surface area contributed by atoms with Gasteiger partial charge >= 0.3 is 6.61 Å². The van der Waals surface area contributed by atoms with Crippen LogP contribution in [0.1, 0.15) is 26.3 Å². The van der Waals surface area contributed by atoms with Crippen LogP contribution in [0, 0.1) is 0 Å². The van der Waals surface area contributed by atoms with Gasteiger partial charge in [0.05, 0.1) is 0 Å². The van der Waals surface area contributed by atoms with E-state index in [4.69, 9.17) is 0 Å². The standard InChI is InChI=1S/C11H10F2O2.C2H6/c1-7(8(2)14)9-3-5-10(6-4-9)15-11(12)13;1-2/h3-6,11H,1H2,2H3;1-2H3. The van der Waals surface area contributed by atoms with Crippen molar-refractivity contribution in [3.05, 3.63) is 36.4 Å². The zero-order chi connectivity index (χ0) is 13.4. The number of hydrogen-bond acceptors (Lipinski definition) is 2. The van der Waals surface area contributed by atoms with Crippen molar-refractivity contribution in [1.29, 1.82) is 0 Å². The molecule has 1 rings (SSSR count). The molecule has 1 aromatic rings. The Hall–Kier alpha value is -1.71. The van der Waals surface area contributed by atoms with Gasteiger partial charge in [0.25, 0.3) is 0 Å². The summed E-state index contributed by atoms with van der Waals surface area (Å²) >= 11 is 0. The second kappa shape index (κ2) is 7.54. The predicted molar refractivity (Wildman–Crippen MR) is 64.1 cm³/mol. The van der Waals surface area contributed by atoms with Crippen LogP contribution in [0.25, 0.3) is 5.57 Å². The van der Waals surface area contributed by atoms with Crippen molar-refractivity contribution in [1.82, 2.24) is 0 Å². The molecule has 0 heterocycles. The van der Waals surface area contributed by atoms with Crippen LogP contribution in [0.5, 0.6) is 5.75 Å². The number of carbonyl (C=O) groups excluding carboxylic acids is 1. The summed E-state index contributed by atoms with van der Waals surface area (Å²) in [5.41, 5.74) is 0.947. The number of rotatable bonds is 4. The van der Waals surface area contributed by atoms with E-state index in [1.54, 1.807) is 0 Å². The summed E-state index contributed by atoms with van der Waals surface area (Å²) in [7, 11) is 0. The Morgan fingerprint density at radius 1 is 1.24 bits per heavy atom. The number of halogens is 2. The second-order valence-corrected chi connectivity index (χ2v) is 2.94. The summed E-state index contributed by atoms with van der Waals surface area (Å²) in [6.45, 7) is 6.13. The van der Waals surface area contributed by atoms with E-state index in [1.165, 1.54) is 31.2 Å². The van der Waals surface area contributed by atoms with Gasteiger partial charge in [-0.25, -0.2) is 0 Å². The number of benzene rings is 1. The van der Waals surface area contributed by atoms with Crippen LogP contribution in [-0.4, -0.2) is 12.4 Å². The molecule has 0 atom stereocenters. The summed E-state index contributed by atoms with van der Waals surface area (Å²) < 4.78 is 27.8. The average molecular weight is 242 g/mol. The number of carbonyl (C=O) groups is 1. The molecule has 0 unspecified atom stereocenters. The summed E-state index contributed by atoms with van der Waals surface area (Å²) in [6, 6.07) is 5.77. The van der Waals surface area contributed by atoms with Gasteiger partial charge in [0.2, 0.25) is 0 Å². The number of ether oxygens (including phenoxy) is 1. The molecule has 0 saturated heterocycles. The van der Waals surface area contributed by atoms with Gasteiger partial charge in [0.1, 0.15) is 5.75 Å². The molecule has 4 heteroatoms. The Balaban J connectivity index is 0.00000121. The molecule has 17 heavy (non-hydrogen) atoms. The lowest BCUT2D eigenvalue weighted by molar-refractivity contribution is -0.111. The van der Waals surface area contributed by atoms with Gasteiger partial charge in [-0.3, -0.25) is 4.79 Å². The molecule has 0 spiro atoms. The smallest absolute Gasteiger partial charge is 0.387 e. The molecular formula is C13H16F2O2. The maximum absolute atomic E-state index is 11.8. The molecule has 0 N–H and O–H groups in total. The van der Waals surface area contributed by atoms with Crippen LogP contribution in [0.15, 0.2) is 30.8 Å². The molecule has 0 bridgehead atoms. The maximum Gasteiger partial charge on any atom is 0.387 e. The van der Waals surface area contributed by atoms with Gasteiger partial charge in [0, 0.05) is 5.57 Å². The summed E-state index contributed by atoms with van der Waals surface area (Å²) in [5.74, 6) is -0.0948. The molecule has 1 aromatic carbocycles. The third-order valence-electron chi connectivity index (χ3n) is 1.85. The molecule has 0 aliphatic rings. The largest absolute Gasteiger partial charge is 0.435 e. The van der Waals surface area contributed by atoms with Crippen LogP contribution < -0.4 is 4.74 Å². The molecule has 94 valence electrons. The zero-order valence-corrected chi connectivity index (χ0v) is 10.2. The molecular weight excluding hydrogens is 226 g/mol. The highest BCUT2D eigenvalue weighted by molar-refractivity contribution is 6.18. The van der Waals surface area contributed by atoms with Crippen LogP contribution in [0.2, 0.25) is 0 Å². The van der Waals surface area contributed by atoms with Crippen LogP contribution in [0.4, 0.5) is 8.78 Å². The Morgan fingerprint density at radius 3 is 2.06 bits per heavy atom. The van der Waals surface area contributed by atoms with E-state index >= 15 is 0 Å². The average Bonchev–Trinajstić information content (AvgIpc) is 2.31. The number of ketones is 1. The van der Waals surface area contributed by atoms with Gasteiger partial charge < -0.3 is 4.74 Å². The molecule has 2 nitrogen and oxygen atoms in total. The molecule has 0 amide bonds. The highest BCUT2D eigenvalue weighted by atomic mass is 19.3. The van der Waals surface area contributed by atoms with E-state index in [-0.39, 0.29) is 11.5 Å². The van der Waals surface area contributed by atoms with Crippen LogP contribution >= 0.6 is 0 Å². The number of alkyl halides is 2. The van der Waals surface area contributed by atoms with Crippen LogP contribution in [0.3, 0.4) is 0 Å². The van der Waals surface area contributed by atoms with Crippen molar-refractivity contribution in [3.8, 4) is 5.75 Å². The third kappa shape index (κ3) is 5.24. The van der Waals surface area contributed by atoms with E-state index in [9.17, 15) is 13.6 Å². The molecule has 0 fully saturated rings. The van der Waals surface area contributed by atoms with Gasteiger partial charge in [-0.1, -0.05) is 32.6 Å². The number of hydrogen-bond donors (Lipinski definition) is 0. The van der Waals surface area contributed by atoms with Crippen molar-refractivity contribution in [2.75, 3.05) is 0 Å². The van der Waals surface area contributed by atoms with E-state index in [2.05, 4.69) is 11.3 Å². The van der Waals surface area contributed by atoms with Crippen molar-refractivity contribution in [2.24, 2.45) is 0 Å². The Kier molecular flexibility index (Phi) is 6.79. The summed E-state index contributed by atoms with van der Waals surface area (Å²) in [6.07, 6.45) is 0. The molecule has 0 radical (unpaired) electrons. The van der Waals surface area contributed by atoms with E-state index in [0.717, 1.165) is 0 Å². The summed E-state index contributed by atoms with van der Waals surface area (Å²) in [4.78, 5) is 11.0. The van der Waals surface area contributed by atoms with Crippen molar-refractivity contribution < 1.29 is 18.3 Å². The fourth-order valence-electron chi connectivity index (χ4n) is 1.04. The van der Waals surface area contributed by atoms with Gasteiger partial charge in [0.15, 0.2) is 5.78 Å². The van der Waals surface area contributed by atoms with Gasteiger partial charge in [-0.15, -0.1) is 0 Å². The molecule has 0 saturated carbocycles. The zero-order valence-electron chi connectivity index (χ0n) is 10.2. The lowest BCUT2D eigenvalue weighted by Crippen LogP contribution is -2.02. The third-order valence-corrected chi connectivity index (χ3v) is 1.85. The molecule has 0 aliphatic heterocycles. The maximum atomic E-state index is 11.8. The van der Waals surface area contributed by atoms with Crippen molar-refractivity contribution in [3.63, 3.8) is 0 Å². The van der Waals surface area contributed by atoms with Gasteiger partial charge in [-0.05, 0) is 24.6 Å². The summed E-state index contributed by atoms with van der Waals surface area (Å²) in [5, 5.41) is 0. The minimum atomic E-state index is -2.84. The molecule has 0 aliphatic carbocycles. The van der Waals surface area contributed by atoms with E-state index in [1.807, 2.05) is 13.8 Å². The SMILES string of the molecule is C=C(C(C)=O)c1ccc(OC(F)F)cc1.CC. The first-order valence-corrected chi connectivity index (χ1v) is 5.26. The monoisotopic (exact) mass is 242 g/mol. The normalized spacial score (nSPS) is 9.29. The fraction of sp³-hybridized carbons (Fsp3) is 0.308. The first-order chi connectivity index (χ1) is 8.00. The lowest BCUT2D eigenvalue weighted by Gasteiger charge is -2.05. The highest BCUT2D eigenvalue weighted by Gasteiger charge is 2.06. The van der Waals surface area contributed by atoms with E-state index in [0.29, 0.717) is 11.1 Å². The molecule has 0 aromatic heterocycles.